The van der Waals surface area contributed by atoms with Crippen molar-refractivity contribution in [2.75, 3.05) is 13.7 Å². The molecule has 0 saturated carbocycles. The zero-order valence-electron chi connectivity index (χ0n) is 12.4. The van der Waals surface area contributed by atoms with Crippen molar-refractivity contribution >= 4 is 0 Å². The summed E-state index contributed by atoms with van der Waals surface area (Å²) in [6.45, 7) is 5.24. The lowest BCUT2D eigenvalue weighted by atomic mass is 9.97. The van der Waals surface area contributed by atoms with Gasteiger partial charge in [-0.15, -0.1) is 0 Å². The monoisotopic (exact) mass is 270 g/mol. The Balaban J connectivity index is 2.33. The molecule has 106 valence electrons. The van der Waals surface area contributed by atoms with Gasteiger partial charge in [-0.2, -0.15) is 0 Å². The summed E-state index contributed by atoms with van der Waals surface area (Å²) in [7, 11) is 1.71. The molecule has 1 aromatic carbocycles. The minimum absolute atomic E-state index is 0.197. The first-order valence-electron chi connectivity index (χ1n) is 7.04. The normalized spacial score (nSPS) is 12.2. The highest BCUT2D eigenvalue weighted by molar-refractivity contribution is 5.40. The van der Waals surface area contributed by atoms with Crippen molar-refractivity contribution in [1.82, 2.24) is 10.3 Å². The third kappa shape index (κ3) is 3.36. The quantitative estimate of drug-likeness (QED) is 0.872. The van der Waals surface area contributed by atoms with Gasteiger partial charge in [0.1, 0.15) is 5.75 Å². The van der Waals surface area contributed by atoms with Crippen LogP contribution in [-0.2, 0) is 0 Å². The van der Waals surface area contributed by atoms with Crippen molar-refractivity contribution in [3.63, 3.8) is 0 Å². The van der Waals surface area contributed by atoms with Gasteiger partial charge in [-0.05, 0) is 54.8 Å². The topological polar surface area (TPSA) is 34.2 Å². The molecule has 1 atom stereocenters. The molecule has 0 fully saturated rings. The van der Waals surface area contributed by atoms with E-state index in [1.54, 1.807) is 7.11 Å². The highest BCUT2D eigenvalue weighted by Crippen LogP contribution is 2.26. The first-order chi connectivity index (χ1) is 9.76. The molecular formula is C17H22N2O. The lowest BCUT2D eigenvalue weighted by molar-refractivity contribution is 0.411. The van der Waals surface area contributed by atoms with Gasteiger partial charge in [0.25, 0.3) is 0 Å². The number of hydrogen-bond acceptors (Lipinski definition) is 3. The van der Waals surface area contributed by atoms with E-state index in [1.165, 1.54) is 11.1 Å². The summed E-state index contributed by atoms with van der Waals surface area (Å²) in [4.78, 5) is 4.10. The first kappa shape index (κ1) is 14.5. The third-order valence-corrected chi connectivity index (χ3v) is 3.39. The van der Waals surface area contributed by atoms with Gasteiger partial charge in [-0.25, -0.2) is 0 Å². The van der Waals surface area contributed by atoms with Crippen LogP contribution in [0.2, 0.25) is 0 Å². The molecule has 0 bridgehead atoms. The standard InChI is InChI=1S/C17H22N2O/c1-4-9-19-17(14-7-10-18-11-8-14)15-5-6-16(20-3)13(2)12-15/h5-8,10-12,17,19H,4,9H2,1-3H3. The van der Waals surface area contributed by atoms with Crippen LogP contribution in [0.5, 0.6) is 5.75 Å². The number of nitrogens with zero attached hydrogens (tertiary/aromatic N) is 1. The Bertz CT molecular complexity index is 540. The average Bonchev–Trinajstić information content (AvgIpc) is 2.49. The zero-order chi connectivity index (χ0) is 14.4. The Hall–Kier alpha value is -1.87. The lowest BCUT2D eigenvalue weighted by Gasteiger charge is -2.20. The SMILES string of the molecule is CCCNC(c1ccncc1)c1ccc(OC)c(C)c1. The molecule has 0 spiro atoms. The molecule has 20 heavy (non-hydrogen) atoms. The summed E-state index contributed by atoms with van der Waals surface area (Å²) in [5.41, 5.74) is 3.64. The molecule has 0 aliphatic heterocycles. The van der Waals surface area contributed by atoms with Gasteiger partial charge in [0, 0.05) is 12.4 Å². The van der Waals surface area contributed by atoms with Crippen LogP contribution in [0.25, 0.3) is 0 Å². The van der Waals surface area contributed by atoms with E-state index in [2.05, 4.69) is 48.4 Å². The fourth-order valence-corrected chi connectivity index (χ4v) is 2.35. The van der Waals surface area contributed by atoms with Crippen LogP contribution in [0.1, 0.15) is 36.1 Å². The number of aromatic nitrogens is 1. The predicted molar refractivity (Wildman–Crippen MR) is 82.1 cm³/mol. The van der Waals surface area contributed by atoms with Crippen LogP contribution in [0.3, 0.4) is 0 Å². The second-order valence-corrected chi connectivity index (χ2v) is 4.90. The van der Waals surface area contributed by atoms with Crippen LogP contribution >= 0.6 is 0 Å². The zero-order valence-corrected chi connectivity index (χ0v) is 12.4. The van der Waals surface area contributed by atoms with Gasteiger partial charge in [0.05, 0.1) is 13.2 Å². The molecule has 0 saturated heterocycles. The number of hydrogen-bond donors (Lipinski definition) is 1. The molecule has 3 heteroatoms. The summed E-state index contributed by atoms with van der Waals surface area (Å²) in [6, 6.07) is 10.7. The number of aryl methyl sites for hydroxylation is 1. The van der Waals surface area contributed by atoms with Crippen molar-refractivity contribution in [3.05, 3.63) is 59.4 Å². The van der Waals surface area contributed by atoms with Gasteiger partial charge < -0.3 is 10.1 Å². The maximum absolute atomic E-state index is 5.34. The first-order valence-corrected chi connectivity index (χ1v) is 7.04. The van der Waals surface area contributed by atoms with E-state index in [9.17, 15) is 0 Å². The summed E-state index contributed by atoms with van der Waals surface area (Å²) < 4.78 is 5.34. The van der Waals surface area contributed by atoms with E-state index in [-0.39, 0.29) is 6.04 Å². The van der Waals surface area contributed by atoms with Crippen LogP contribution in [0.4, 0.5) is 0 Å². The minimum Gasteiger partial charge on any atom is -0.496 e. The molecule has 0 amide bonds. The Morgan fingerprint density at radius 3 is 2.50 bits per heavy atom. The summed E-state index contributed by atoms with van der Waals surface area (Å²) in [6.07, 6.45) is 4.79. The van der Waals surface area contributed by atoms with E-state index in [0.717, 1.165) is 24.3 Å². The molecule has 2 rings (SSSR count). The maximum atomic E-state index is 5.34. The van der Waals surface area contributed by atoms with Gasteiger partial charge in [0.15, 0.2) is 0 Å². The molecule has 1 heterocycles. The van der Waals surface area contributed by atoms with Crippen molar-refractivity contribution in [2.45, 2.75) is 26.3 Å². The van der Waals surface area contributed by atoms with Gasteiger partial charge >= 0.3 is 0 Å². The van der Waals surface area contributed by atoms with Crippen LogP contribution in [-0.4, -0.2) is 18.6 Å². The molecule has 0 radical (unpaired) electrons. The second-order valence-electron chi connectivity index (χ2n) is 4.90. The summed E-state index contributed by atoms with van der Waals surface area (Å²) >= 11 is 0. The fraction of sp³-hybridized carbons (Fsp3) is 0.353. The largest absolute Gasteiger partial charge is 0.496 e. The van der Waals surface area contributed by atoms with Crippen LogP contribution in [0, 0.1) is 6.92 Å². The number of nitrogens with one attached hydrogen (secondary N) is 1. The van der Waals surface area contributed by atoms with Crippen LogP contribution < -0.4 is 10.1 Å². The van der Waals surface area contributed by atoms with Crippen molar-refractivity contribution in [2.24, 2.45) is 0 Å². The average molecular weight is 270 g/mol. The van der Waals surface area contributed by atoms with E-state index >= 15 is 0 Å². The van der Waals surface area contributed by atoms with Gasteiger partial charge in [-0.1, -0.05) is 19.1 Å². The molecule has 2 aromatic rings. The molecule has 1 N–H and O–H groups in total. The van der Waals surface area contributed by atoms with Crippen molar-refractivity contribution < 1.29 is 4.74 Å². The molecule has 3 nitrogen and oxygen atoms in total. The molecule has 1 unspecified atom stereocenters. The van der Waals surface area contributed by atoms with Gasteiger partial charge in [0.2, 0.25) is 0 Å². The minimum atomic E-state index is 0.197. The second kappa shape index (κ2) is 7.06. The van der Waals surface area contributed by atoms with Crippen molar-refractivity contribution in [3.8, 4) is 5.75 Å². The van der Waals surface area contributed by atoms with E-state index in [4.69, 9.17) is 4.74 Å². The number of pyridine rings is 1. The number of benzene rings is 1. The number of ether oxygens (including phenoxy) is 1. The highest BCUT2D eigenvalue weighted by atomic mass is 16.5. The van der Waals surface area contributed by atoms with E-state index in [1.807, 2.05) is 18.5 Å². The van der Waals surface area contributed by atoms with Crippen LogP contribution in [0.15, 0.2) is 42.7 Å². The third-order valence-electron chi connectivity index (χ3n) is 3.39. The Morgan fingerprint density at radius 2 is 1.90 bits per heavy atom. The Kier molecular flexibility index (Phi) is 5.13. The molecule has 0 aliphatic rings. The van der Waals surface area contributed by atoms with Crippen molar-refractivity contribution in [1.29, 1.82) is 0 Å². The lowest BCUT2D eigenvalue weighted by Crippen LogP contribution is -2.23. The summed E-state index contributed by atoms with van der Waals surface area (Å²) in [5.74, 6) is 0.928. The number of rotatable bonds is 6. The Morgan fingerprint density at radius 1 is 1.15 bits per heavy atom. The van der Waals surface area contributed by atoms with Gasteiger partial charge in [-0.3, -0.25) is 4.98 Å². The summed E-state index contributed by atoms with van der Waals surface area (Å²) in [5, 5.41) is 3.60. The molecule has 1 aromatic heterocycles. The Labute approximate surface area is 121 Å². The number of methoxy groups -OCH3 is 1. The smallest absolute Gasteiger partial charge is 0.121 e. The predicted octanol–water partition coefficient (Wildman–Crippen LogP) is 3.49. The van der Waals surface area contributed by atoms with E-state index in [0.29, 0.717) is 0 Å². The maximum Gasteiger partial charge on any atom is 0.121 e. The highest BCUT2D eigenvalue weighted by Gasteiger charge is 2.14. The van der Waals surface area contributed by atoms with E-state index < -0.39 is 0 Å². The fourth-order valence-electron chi connectivity index (χ4n) is 2.35. The molecular weight excluding hydrogens is 248 g/mol. The molecule has 0 aliphatic carbocycles.